The summed E-state index contributed by atoms with van der Waals surface area (Å²) in [4.78, 5) is 48.1. The number of nitrogens with one attached hydrogen (secondary N) is 2. The summed E-state index contributed by atoms with van der Waals surface area (Å²) in [6.45, 7) is 3.44. The van der Waals surface area contributed by atoms with Crippen LogP contribution in [-0.4, -0.2) is 41.6 Å². The van der Waals surface area contributed by atoms with Crippen LogP contribution in [0, 0.1) is 0 Å². The molecule has 1 saturated heterocycles. The standard InChI is InChI=1S/C18H23N3O4/c1-3-15(14-6-4-13(5-7-14)10-12(2)22)20-18(25)21-11-16(23)19-9-8-17(21)24/h4-7,15H,3,8-11H2,1-2H3,(H,19,23)(H,20,25). The van der Waals surface area contributed by atoms with Crippen molar-refractivity contribution in [2.75, 3.05) is 13.1 Å². The first-order chi connectivity index (χ1) is 11.9. The fourth-order valence-corrected chi connectivity index (χ4v) is 2.72. The number of carbonyl (C=O) groups is 4. The lowest BCUT2D eigenvalue weighted by Crippen LogP contribution is -2.46. The van der Waals surface area contributed by atoms with Crippen molar-refractivity contribution in [3.63, 3.8) is 0 Å². The van der Waals surface area contributed by atoms with Crippen molar-refractivity contribution in [2.24, 2.45) is 0 Å². The maximum absolute atomic E-state index is 12.4. The van der Waals surface area contributed by atoms with E-state index in [2.05, 4.69) is 10.6 Å². The van der Waals surface area contributed by atoms with Crippen molar-refractivity contribution >= 4 is 23.6 Å². The summed E-state index contributed by atoms with van der Waals surface area (Å²) < 4.78 is 0. The highest BCUT2D eigenvalue weighted by Crippen LogP contribution is 2.18. The minimum atomic E-state index is -0.568. The number of benzene rings is 1. The summed E-state index contributed by atoms with van der Waals surface area (Å²) in [5, 5.41) is 5.38. The van der Waals surface area contributed by atoms with Gasteiger partial charge in [-0.1, -0.05) is 31.2 Å². The minimum Gasteiger partial charge on any atom is -0.354 e. The number of amides is 4. The summed E-state index contributed by atoms with van der Waals surface area (Å²) in [5.74, 6) is -0.629. The minimum absolute atomic E-state index is 0.0889. The van der Waals surface area contributed by atoms with E-state index in [0.29, 0.717) is 12.8 Å². The van der Waals surface area contributed by atoms with Gasteiger partial charge in [0.2, 0.25) is 11.8 Å². The lowest BCUT2D eigenvalue weighted by Gasteiger charge is -2.23. The molecule has 0 bridgehead atoms. The Morgan fingerprint density at radius 1 is 1.24 bits per heavy atom. The second kappa shape index (κ2) is 8.41. The molecule has 1 aromatic carbocycles. The zero-order valence-electron chi connectivity index (χ0n) is 14.5. The van der Waals surface area contributed by atoms with Crippen molar-refractivity contribution < 1.29 is 19.2 Å². The number of urea groups is 1. The van der Waals surface area contributed by atoms with E-state index >= 15 is 0 Å². The number of carbonyl (C=O) groups excluding carboxylic acids is 4. The Kier molecular flexibility index (Phi) is 6.27. The van der Waals surface area contributed by atoms with E-state index < -0.39 is 6.03 Å². The van der Waals surface area contributed by atoms with Crippen LogP contribution in [0.15, 0.2) is 24.3 Å². The molecule has 1 fully saturated rings. The molecule has 1 aromatic rings. The van der Waals surface area contributed by atoms with Crippen LogP contribution in [0.5, 0.6) is 0 Å². The number of ketones is 1. The number of Topliss-reactive ketones (excluding diaryl/α,β-unsaturated/α-hetero) is 1. The third-order valence-electron chi connectivity index (χ3n) is 4.05. The van der Waals surface area contributed by atoms with Crippen LogP contribution in [0.4, 0.5) is 4.79 Å². The van der Waals surface area contributed by atoms with Crippen molar-refractivity contribution in [3.05, 3.63) is 35.4 Å². The summed E-state index contributed by atoms with van der Waals surface area (Å²) in [5.41, 5.74) is 1.80. The highest BCUT2D eigenvalue weighted by atomic mass is 16.2. The molecule has 2 rings (SSSR count). The molecule has 1 unspecified atom stereocenters. The first-order valence-corrected chi connectivity index (χ1v) is 8.36. The van der Waals surface area contributed by atoms with Crippen LogP contribution in [-0.2, 0) is 20.8 Å². The maximum atomic E-state index is 12.4. The normalized spacial score (nSPS) is 16.0. The molecular weight excluding hydrogens is 322 g/mol. The molecule has 1 aliphatic heterocycles. The fraction of sp³-hybridized carbons (Fsp3) is 0.444. The van der Waals surface area contributed by atoms with E-state index in [-0.39, 0.29) is 43.1 Å². The van der Waals surface area contributed by atoms with Crippen molar-refractivity contribution in [1.29, 1.82) is 0 Å². The number of nitrogens with zero attached hydrogens (tertiary/aromatic N) is 1. The van der Waals surface area contributed by atoms with Crippen molar-refractivity contribution in [3.8, 4) is 0 Å². The molecule has 0 aliphatic carbocycles. The summed E-state index contributed by atoms with van der Waals surface area (Å²) in [7, 11) is 0. The monoisotopic (exact) mass is 345 g/mol. The van der Waals surface area contributed by atoms with E-state index in [4.69, 9.17) is 0 Å². The number of imide groups is 1. The quantitative estimate of drug-likeness (QED) is 0.841. The molecule has 0 aromatic heterocycles. The molecule has 4 amide bonds. The van der Waals surface area contributed by atoms with Gasteiger partial charge in [-0.2, -0.15) is 0 Å². The van der Waals surface area contributed by atoms with E-state index in [0.717, 1.165) is 16.0 Å². The van der Waals surface area contributed by atoms with Gasteiger partial charge in [0, 0.05) is 19.4 Å². The van der Waals surface area contributed by atoms with Gasteiger partial charge >= 0.3 is 6.03 Å². The Balaban J connectivity index is 2.07. The Labute approximate surface area is 146 Å². The van der Waals surface area contributed by atoms with Crippen LogP contribution < -0.4 is 10.6 Å². The van der Waals surface area contributed by atoms with Gasteiger partial charge in [-0.3, -0.25) is 19.3 Å². The Bertz CT molecular complexity index is 669. The smallest absolute Gasteiger partial charge is 0.325 e. The van der Waals surface area contributed by atoms with Crippen LogP contribution in [0.25, 0.3) is 0 Å². The first kappa shape index (κ1) is 18.6. The zero-order chi connectivity index (χ0) is 18.4. The van der Waals surface area contributed by atoms with Gasteiger partial charge < -0.3 is 10.6 Å². The zero-order valence-corrected chi connectivity index (χ0v) is 14.5. The van der Waals surface area contributed by atoms with Crippen molar-refractivity contribution in [1.82, 2.24) is 15.5 Å². The van der Waals surface area contributed by atoms with Gasteiger partial charge in [0.05, 0.1) is 6.04 Å². The Morgan fingerprint density at radius 2 is 1.92 bits per heavy atom. The maximum Gasteiger partial charge on any atom is 0.325 e. The molecule has 1 heterocycles. The number of rotatable bonds is 5. The lowest BCUT2D eigenvalue weighted by atomic mass is 10.0. The third-order valence-corrected chi connectivity index (χ3v) is 4.05. The fourth-order valence-electron chi connectivity index (χ4n) is 2.72. The van der Waals surface area contributed by atoms with Crippen LogP contribution in [0.2, 0.25) is 0 Å². The second-order valence-electron chi connectivity index (χ2n) is 6.11. The number of hydrogen-bond donors (Lipinski definition) is 2. The summed E-state index contributed by atoms with van der Waals surface area (Å²) in [6, 6.07) is 6.60. The summed E-state index contributed by atoms with van der Waals surface area (Å²) >= 11 is 0. The van der Waals surface area contributed by atoms with E-state index in [1.165, 1.54) is 6.92 Å². The van der Waals surface area contributed by atoms with Gasteiger partial charge in [0.1, 0.15) is 12.3 Å². The van der Waals surface area contributed by atoms with Gasteiger partial charge in [-0.25, -0.2) is 4.79 Å². The molecule has 7 heteroatoms. The highest BCUT2D eigenvalue weighted by molar-refractivity contribution is 5.99. The molecule has 0 saturated carbocycles. The predicted octanol–water partition coefficient (Wildman–Crippen LogP) is 1.33. The highest BCUT2D eigenvalue weighted by Gasteiger charge is 2.28. The molecule has 1 atom stereocenters. The van der Waals surface area contributed by atoms with Crippen molar-refractivity contribution in [2.45, 2.75) is 39.2 Å². The SMILES string of the molecule is CCC(NC(=O)N1CC(=O)NCCC1=O)c1ccc(CC(C)=O)cc1. The topological polar surface area (TPSA) is 95.6 Å². The molecule has 7 nitrogen and oxygen atoms in total. The van der Waals surface area contributed by atoms with Gasteiger partial charge in [-0.05, 0) is 24.5 Å². The van der Waals surface area contributed by atoms with Crippen LogP contribution in [0.1, 0.15) is 43.9 Å². The molecule has 2 N–H and O–H groups in total. The van der Waals surface area contributed by atoms with Gasteiger partial charge in [-0.15, -0.1) is 0 Å². The largest absolute Gasteiger partial charge is 0.354 e. The number of hydrogen-bond acceptors (Lipinski definition) is 4. The molecule has 1 aliphatic rings. The van der Waals surface area contributed by atoms with E-state index in [9.17, 15) is 19.2 Å². The molecule has 0 radical (unpaired) electrons. The van der Waals surface area contributed by atoms with Crippen LogP contribution in [0.3, 0.4) is 0 Å². The second-order valence-corrected chi connectivity index (χ2v) is 6.11. The lowest BCUT2D eigenvalue weighted by molar-refractivity contribution is -0.130. The van der Waals surface area contributed by atoms with E-state index in [1.807, 2.05) is 31.2 Å². The molecule has 0 spiro atoms. The van der Waals surface area contributed by atoms with Crippen LogP contribution >= 0.6 is 0 Å². The molecule has 25 heavy (non-hydrogen) atoms. The van der Waals surface area contributed by atoms with Gasteiger partial charge in [0.25, 0.3) is 0 Å². The predicted molar refractivity (Wildman–Crippen MR) is 91.7 cm³/mol. The van der Waals surface area contributed by atoms with E-state index in [1.54, 1.807) is 0 Å². The average Bonchev–Trinajstić information content (AvgIpc) is 2.74. The molecule has 134 valence electrons. The third kappa shape index (κ3) is 5.14. The average molecular weight is 345 g/mol. The summed E-state index contributed by atoms with van der Waals surface area (Å²) in [6.07, 6.45) is 1.11. The first-order valence-electron chi connectivity index (χ1n) is 8.36. The Morgan fingerprint density at radius 3 is 2.52 bits per heavy atom. The Hall–Kier alpha value is -2.70. The molecular formula is C18H23N3O4. The van der Waals surface area contributed by atoms with Gasteiger partial charge in [0.15, 0.2) is 0 Å².